The lowest BCUT2D eigenvalue weighted by molar-refractivity contribution is 0.597. The van der Waals surface area contributed by atoms with Crippen molar-refractivity contribution in [2.45, 2.75) is 18.4 Å². The molecule has 1 aromatic heterocycles. The molecule has 100 valence electrons. The molecule has 0 radical (unpaired) electrons. The molecule has 1 heterocycles. The molecule has 0 spiro atoms. The monoisotopic (exact) mass is 277 g/mol. The first-order chi connectivity index (χ1) is 9.13. The standard InChI is InChI=1S/C13H15N3O2S/c1-2-19(17,18)13-6-4-3-5-12(13)15-9-11-7-8-14-10-16-11/h3-8,10,15H,2,9H2,1H3. The molecule has 0 amide bonds. The van der Waals surface area contributed by atoms with Crippen LogP contribution in [0.25, 0.3) is 0 Å². The van der Waals surface area contributed by atoms with E-state index < -0.39 is 9.84 Å². The molecular formula is C13H15N3O2S. The van der Waals surface area contributed by atoms with Gasteiger partial charge in [0.15, 0.2) is 9.84 Å². The number of sulfone groups is 1. The van der Waals surface area contributed by atoms with Crippen LogP contribution in [0, 0.1) is 0 Å². The number of rotatable bonds is 5. The van der Waals surface area contributed by atoms with Crippen LogP contribution in [0.4, 0.5) is 5.69 Å². The molecule has 0 aliphatic rings. The third-order valence-electron chi connectivity index (χ3n) is 2.71. The highest BCUT2D eigenvalue weighted by atomic mass is 32.2. The van der Waals surface area contributed by atoms with Crippen molar-refractivity contribution in [1.29, 1.82) is 0 Å². The fraction of sp³-hybridized carbons (Fsp3) is 0.231. The molecule has 19 heavy (non-hydrogen) atoms. The molecule has 0 unspecified atom stereocenters. The van der Waals surface area contributed by atoms with Gasteiger partial charge in [-0.1, -0.05) is 19.1 Å². The third-order valence-corrected chi connectivity index (χ3v) is 4.49. The maximum absolute atomic E-state index is 12.0. The highest BCUT2D eigenvalue weighted by molar-refractivity contribution is 7.91. The van der Waals surface area contributed by atoms with Gasteiger partial charge in [0.25, 0.3) is 0 Å². The van der Waals surface area contributed by atoms with Gasteiger partial charge in [-0.25, -0.2) is 18.4 Å². The number of para-hydroxylation sites is 1. The van der Waals surface area contributed by atoms with Gasteiger partial charge < -0.3 is 5.32 Å². The summed E-state index contributed by atoms with van der Waals surface area (Å²) in [5, 5.41) is 3.10. The normalized spacial score (nSPS) is 11.2. The van der Waals surface area contributed by atoms with Crippen LogP contribution in [0.2, 0.25) is 0 Å². The van der Waals surface area contributed by atoms with E-state index in [1.165, 1.54) is 6.33 Å². The quantitative estimate of drug-likeness (QED) is 0.903. The second-order valence-electron chi connectivity index (χ2n) is 3.95. The lowest BCUT2D eigenvalue weighted by Crippen LogP contribution is -2.09. The zero-order valence-corrected chi connectivity index (χ0v) is 11.4. The van der Waals surface area contributed by atoms with Gasteiger partial charge in [0, 0.05) is 6.20 Å². The summed E-state index contributed by atoms with van der Waals surface area (Å²) in [5.41, 5.74) is 1.40. The highest BCUT2D eigenvalue weighted by Gasteiger charge is 2.15. The molecule has 5 nitrogen and oxygen atoms in total. The van der Waals surface area contributed by atoms with Crippen LogP contribution in [-0.2, 0) is 16.4 Å². The summed E-state index contributed by atoms with van der Waals surface area (Å²) in [4.78, 5) is 8.24. The lowest BCUT2D eigenvalue weighted by atomic mass is 10.3. The predicted molar refractivity (Wildman–Crippen MR) is 73.5 cm³/mol. The molecule has 0 saturated carbocycles. The molecule has 2 aromatic rings. The average molecular weight is 277 g/mol. The predicted octanol–water partition coefficient (Wildman–Crippen LogP) is 1.88. The topological polar surface area (TPSA) is 72.0 Å². The van der Waals surface area contributed by atoms with Crippen molar-refractivity contribution in [3.05, 3.63) is 48.5 Å². The van der Waals surface area contributed by atoms with Crippen molar-refractivity contribution in [1.82, 2.24) is 9.97 Å². The van der Waals surface area contributed by atoms with Crippen LogP contribution in [0.3, 0.4) is 0 Å². The Hall–Kier alpha value is -1.95. The lowest BCUT2D eigenvalue weighted by Gasteiger charge is -2.11. The van der Waals surface area contributed by atoms with E-state index in [4.69, 9.17) is 0 Å². The first-order valence-electron chi connectivity index (χ1n) is 5.94. The second-order valence-corrected chi connectivity index (χ2v) is 6.20. The fourth-order valence-corrected chi connectivity index (χ4v) is 2.72. The van der Waals surface area contributed by atoms with Gasteiger partial charge >= 0.3 is 0 Å². The molecule has 0 bridgehead atoms. The van der Waals surface area contributed by atoms with Crippen molar-refractivity contribution < 1.29 is 8.42 Å². The van der Waals surface area contributed by atoms with E-state index in [9.17, 15) is 8.42 Å². The Morgan fingerprint density at radius 1 is 1.21 bits per heavy atom. The summed E-state index contributed by atoms with van der Waals surface area (Å²) in [5.74, 6) is 0.0825. The summed E-state index contributed by atoms with van der Waals surface area (Å²) < 4.78 is 23.9. The van der Waals surface area contributed by atoms with Crippen LogP contribution in [0.1, 0.15) is 12.6 Å². The number of benzene rings is 1. The van der Waals surface area contributed by atoms with E-state index in [1.807, 2.05) is 0 Å². The first-order valence-corrected chi connectivity index (χ1v) is 7.59. The summed E-state index contributed by atoms with van der Waals surface area (Å²) in [6.45, 7) is 2.09. The van der Waals surface area contributed by atoms with Crippen molar-refractivity contribution in [3.8, 4) is 0 Å². The molecule has 1 aromatic carbocycles. The van der Waals surface area contributed by atoms with Gasteiger partial charge in [-0.05, 0) is 18.2 Å². The van der Waals surface area contributed by atoms with Crippen molar-refractivity contribution in [2.24, 2.45) is 0 Å². The number of nitrogens with zero attached hydrogens (tertiary/aromatic N) is 2. The van der Waals surface area contributed by atoms with Gasteiger partial charge in [-0.3, -0.25) is 0 Å². The van der Waals surface area contributed by atoms with Gasteiger partial charge in [0.1, 0.15) is 6.33 Å². The SMILES string of the molecule is CCS(=O)(=O)c1ccccc1NCc1ccncn1. The minimum atomic E-state index is -3.23. The summed E-state index contributed by atoms with van der Waals surface area (Å²) in [6, 6.07) is 8.67. The summed E-state index contributed by atoms with van der Waals surface area (Å²) in [7, 11) is -3.23. The molecule has 0 fully saturated rings. The summed E-state index contributed by atoms with van der Waals surface area (Å²) >= 11 is 0. The number of anilines is 1. The smallest absolute Gasteiger partial charge is 0.180 e. The zero-order valence-electron chi connectivity index (χ0n) is 10.6. The van der Waals surface area contributed by atoms with E-state index in [1.54, 1.807) is 43.5 Å². The Labute approximate surface area is 112 Å². The molecule has 0 aliphatic carbocycles. The minimum Gasteiger partial charge on any atom is -0.378 e. The first kappa shape index (κ1) is 13.5. The molecular weight excluding hydrogens is 262 g/mol. The Balaban J connectivity index is 2.22. The van der Waals surface area contributed by atoms with E-state index in [2.05, 4.69) is 15.3 Å². The fourth-order valence-electron chi connectivity index (χ4n) is 1.65. The third kappa shape index (κ3) is 3.29. The zero-order chi connectivity index (χ0) is 13.7. The van der Waals surface area contributed by atoms with E-state index in [0.717, 1.165) is 5.69 Å². The van der Waals surface area contributed by atoms with Gasteiger partial charge in [-0.2, -0.15) is 0 Å². The molecule has 0 saturated heterocycles. The highest BCUT2D eigenvalue weighted by Crippen LogP contribution is 2.22. The Kier molecular flexibility index (Phi) is 4.11. The van der Waals surface area contributed by atoms with Crippen molar-refractivity contribution >= 4 is 15.5 Å². The second kappa shape index (κ2) is 5.79. The Morgan fingerprint density at radius 3 is 2.68 bits per heavy atom. The number of hydrogen-bond donors (Lipinski definition) is 1. The van der Waals surface area contributed by atoms with Crippen LogP contribution in [-0.4, -0.2) is 24.1 Å². The average Bonchev–Trinajstić information content (AvgIpc) is 2.46. The van der Waals surface area contributed by atoms with Crippen molar-refractivity contribution in [3.63, 3.8) is 0 Å². The molecule has 0 atom stereocenters. The Morgan fingerprint density at radius 2 is 2.00 bits per heavy atom. The number of aromatic nitrogens is 2. The van der Waals surface area contributed by atoms with E-state index >= 15 is 0 Å². The number of hydrogen-bond acceptors (Lipinski definition) is 5. The van der Waals surface area contributed by atoms with Gasteiger partial charge in [0.05, 0.1) is 28.6 Å². The Bertz CT molecular complexity index is 642. The maximum Gasteiger partial charge on any atom is 0.180 e. The van der Waals surface area contributed by atoms with Crippen LogP contribution >= 0.6 is 0 Å². The van der Waals surface area contributed by atoms with Gasteiger partial charge in [0.2, 0.25) is 0 Å². The van der Waals surface area contributed by atoms with Crippen LogP contribution in [0.15, 0.2) is 47.8 Å². The van der Waals surface area contributed by atoms with E-state index in [-0.39, 0.29) is 5.75 Å². The molecule has 6 heteroatoms. The molecule has 1 N–H and O–H groups in total. The largest absolute Gasteiger partial charge is 0.378 e. The van der Waals surface area contributed by atoms with Crippen LogP contribution < -0.4 is 5.32 Å². The number of nitrogens with one attached hydrogen (secondary N) is 1. The summed E-state index contributed by atoms with van der Waals surface area (Å²) in [6.07, 6.45) is 3.12. The van der Waals surface area contributed by atoms with Crippen LogP contribution in [0.5, 0.6) is 0 Å². The molecule has 2 rings (SSSR count). The van der Waals surface area contributed by atoms with Crippen molar-refractivity contribution in [2.75, 3.05) is 11.1 Å². The van der Waals surface area contributed by atoms with E-state index in [0.29, 0.717) is 17.1 Å². The van der Waals surface area contributed by atoms with Gasteiger partial charge in [-0.15, -0.1) is 0 Å². The molecule has 0 aliphatic heterocycles. The minimum absolute atomic E-state index is 0.0825. The maximum atomic E-state index is 12.0.